The van der Waals surface area contributed by atoms with Crippen molar-refractivity contribution in [3.05, 3.63) is 35.5 Å². The van der Waals surface area contributed by atoms with Gasteiger partial charge in [-0.2, -0.15) is 0 Å². The highest BCUT2D eigenvalue weighted by Crippen LogP contribution is 2.41. The molecule has 0 radical (unpaired) electrons. The number of halogens is 1. The van der Waals surface area contributed by atoms with Crippen molar-refractivity contribution in [2.75, 3.05) is 13.2 Å². The molecule has 0 saturated carbocycles. The quantitative estimate of drug-likeness (QED) is 0.534. The Morgan fingerprint density at radius 2 is 2.15 bits per heavy atom. The molecular weight excluding hydrogens is 392 g/mol. The van der Waals surface area contributed by atoms with Gasteiger partial charge in [-0.3, -0.25) is 4.79 Å². The van der Waals surface area contributed by atoms with Crippen molar-refractivity contribution in [2.45, 2.75) is 57.4 Å². The molecule has 1 unspecified atom stereocenters. The average Bonchev–Trinajstić information content (AvgIpc) is 3.05. The first kappa shape index (κ1) is 19.4. The molecule has 2 aliphatic rings. The van der Waals surface area contributed by atoms with E-state index in [0.717, 1.165) is 32.2 Å². The normalized spacial score (nSPS) is 24.0. The van der Waals surface area contributed by atoms with E-state index in [4.69, 9.17) is 4.74 Å². The van der Waals surface area contributed by atoms with Crippen molar-refractivity contribution >= 4 is 33.9 Å². The van der Waals surface area contributed by atoms with Gasteiger partial charge < -0.3 is 15.0 Å². The van der Waals surface area contributed by atoms with Gasteiger partial charge >= 0.3 is 5.97 Å². The molecule has 1 aromatic carbocycles. The summed E-state index contributed by atoms with van der Waals surface area (Å²) in [7, 11) is 0. The molecule has 5 heteroatoms. The average molecular weight is 421 g/mol. The maximum atomic E-state index is 12.5. The van der Waals surface area contributed by atoms with Crippen LogP contribution in [0.3, 0.4) is 0 Å². The number of nitrogens with one attached hydrogen (secondary N) is 2. The highest BCUT2D eigenvalue weighted by molar-refractivity contribution is 8.93. The van der Waals surface area contributed by atoms with E-state index < -0.39 is 0 Å². The van der Waals surface area contributed by atoms with Gasteiger partial charge in [0.25, 0.3) is 0 Å². The van der Waals surface area contributed by atoms with Crippen LogP contribution in [0, 0.1) is 5.92 Å². The highest BCUT2D eigenvalue weighted by Gasteiger charge is 2.38. The summed E-state index contributed by atoms with van der Waals surface area (Å²) in [4.78, 5) is 15.9. The lowest BCUT2D eigenvalue weighted by atomic mass is 9.73. The van der Waals surface area contributed by atoms with Crippen molar-refractivity contribution in [3.8, 4) is 0 Å². The first-order valence-electron chi connectivity index (χ1n) is 9.76. The molecular formula is C21H29BrN2O2. The summed E-state index contributed by atoms with van der Waals surface area (Å²) in [6, 6.07) is 6.93. The molecule has 1 aliphatic heterocycles. The third kappa shape index (κ3) is 3.70. The fraction of sp³-hybridized carbons (Fsp3) is 0.571. The number of unbranched alkanes of at least 4 members (excludes halogenated alkanes) is 3. The molecule has 26 heavy (non-hydrogen) atoms. The van der Waals surface area contributed by atoms with E-state index in [1.165, 1.54) is 34.9 Å². The zero-order valence-electron chi connectivity index (χ0n) is 15.4. The number of hydrogen-bond acceptors (Lipinski definition) is 3. The van der Waals surface area contributed by atoms with Gasteiger partial charge in [0.2, 0.25) is 0 Å². The summed E-state index contributed by atoms with van der Waals surface area (Å²) < 4.78 is 5.55. The van der Waals surface area contributed by atoms with Gasteiger partial charge in [0.15, 0.2) is 0 Å². The number of aromatic nitrogens is 1. The van der Waals surface area contributed by atoms with Gasteiger partial charge in [0.05, 0.1) is 12.5 Å². The van der Waals surface area contributed by atoms with E-state index in [1.807, 2.05) is 0 Å². The summed E-state index contributed by atoms with van der Waals surface area (Å²) in [5.74, 6) is 0.357. The highest BCUT2D eigenvalue weighted by atomic mass is 79.9. The molecule has 0 bridgehead atoms. The van der Waals surface area contributed by atoms with Crippen LogP contribution in [0.5, 0.6) is 0 Å². The van der Waals surface area contributed by atoms with Crippen molar-refractivity contribution in [3.63, 3.8) is 0 Å². The van der Waals surface area contributed by atoms with Crippen molar-refractivity contribution in [1.29, 1.82) is 0 Å². The van der Waals surface area contributed by atoms with E-state index in [0.29, 0.717) is 18.6 Å². The fourth-order valence-electron chi connectivity index (χ4n) is 4.54. The van der Waals surface area contributed by atoms with E-state index in [-0.39, 0.29) is 28.9 Å². The topological polar surface area (TPSA) is 54.1 Å². The third-order valence-corrected chi connectivity index (χ3v) is 5.89. The second kappa shape index (κ2) is 8.57. The largest absolute Gasteiger partial charge is 0.465 e. The predicted octanol–water partition coefficient (Wildman–Crippen LogP) is 4.49. The first-order valence-corrected chi connectivity index (χ1v) is 9.76. The Morgan fingerprint density at radius 1 is 1.27 bits per heavy atom. The molecule has 2 N–H and O–H groups in total. The van der Waals surface area contributed by atoms with E-state index >= 15 is 0 Å². The summed E-state index contributed by atoms with van der Waals surface area (Å²) in [5.41, 5.74) is 4.00. The Bertz CT molecular complexity index is 758. The van der Waals surface area contributed by atoms with Crippen molar-refractivity contribution in [1.82, 2.24) is 10.3 Å². The molecule has 0 spiro atoms. The number of carbonyl (C=O) groups excluding carboxylic acids is 1. The monoisotopic (exact) mass is 420 g/mol. The van der Waals surface area contributed by atoms with Crippen LogP contribution in [-0.4, -0.2) is 30.1 Å². The number of rotatable bonds is 6. The van der Waals surface area contributed by atoms with Crippen LogP contribution >= 0.6 is 17.0 Å². The number of benzene rings is 1. The number of carbonyl (C=O) groups is 1. The van der Waals surface area contributed by atoms with Crippen LogP contribution in [-0.2, 0) is 16.0 Å². The first-order chi connectivity index (χ1) is 12.3. The zero-order valence-corrected chi connectivity index (χ0v) is 17.1. The number of aromatic amines is 1. The standard InChI is InChI=1S/C21H28N2O2.BrH/c1-2-3-4-5-9-25-21(24)15-10-17-16-7-6-8-18-20(16)14(12-22-18)11-19(17)23-13-15;/h6-8,12,15,17,19,22-23H,2-5,9-11,13H2,1H3;1H/t15?,17-,19-;/m1./s1. The summed E-state index contributed by atoms with van der Waals surface area (Å²) >= 11 is 0. The Labute approximate surface area is 165 Å². The molecule has 142 valence electrons. The maximum Gasteiger partial charge on any atom is 0.310 e. The lowest BCUT2D eigenvalue weighted by Gasteiger charge is -2.39. The minimum Gasteiger partial charge on any atom is -0.465 e. The van der Waals surface area contributed by atoms with Gasteiger partial charge in [0.1, 0.15) is 0 Å². The second-order valence-corrected chi connectivity index (χ2v) is 7.57. The smallest absolute Gasteiger partial charge is 0.310 e. The third-order valence-electron chi connectivity index (χ3n) is 5.89. The summed E-state index contributed by atoms with van der Waals surface area (Å²) in [5, 5.41) is 5.00. The van der Waals surface area contributed by atoms with Gasteiger partial charge in [-0.15, -0.1) is 17.0 Å². The molecule has 4 nitrogen and oxygen atoms in total. The molecule has 1 fully saturated rings. The van der Waals surface area contributed by atoms with Crippen LogP contribution in [0.25, 0.3) is 10.9 Å². The predicted molar refractivity (Wildman–Crippen MR) is 110 cm³/mol. The zero-order chi connectivity index (χ0) is 17.2. The second-order valence-electron chi connectivity index (χ2n) is 7.57. The number of piperidine rings is 1. The van der Waals surface area contributed by atoms with Gasteiger partial charge in [-0.1, -0.05) is 38.3 Å². The van der Waals surface area contributed by atoms with Crippen molar-refractivity contribution < 1.29 is 9.53 Å². The minimum atomic E-state index is -0.0248. The number of esters is 1. The Balaban J connectivity index is 0.00000196. The molecule has 0 amide bonds. The van der Waals surface area contributed by atoms with Crippen molar-refractivity contribution in [2.24, 2.45) is 5.92 Å². The molecule has 1 saturated heterocycles. The van der Waals surface area contributed by atoms with Crippen LogP contribution < -0.4 is 5.32 Å². The minimum absolute atomic E-state index is 0. The molecule has 2 heterocycles. The Hall–Kier alpha value is -1.33. The Kier molecular flexibility index (Phi) is 6.41. The summed E-state index contributed by atoms with van der Waals surface area (Å²) in [6.07, 6.45) is 8.64. The van der Waals surface area contributed by atoms with Gasteiger partial charge in [-0.25, -0.2) is 0 Å². The van der Waals surface area contributed by atoms with Gasteiger partial charge in [-0.05, 0) is 36.5 Å². The number of fused-ring (bicyclic) bond motifs is 2. The molecule has 2 aromatic rings. The van der Waals surface area contributed by atoms with Crippen LogP contribution in [0.1, 0.15) is 56.1 Å². The lowest BCUT2D eigenvalue weighted by Crippen LogP contribution is -2.48. The van der Waals surface area contributed by atoms with Crippen LogP contribution in [0.2, 0.25) is 0 Å². The van der Waals surface area contributed by atoms with Gasteiger partial charge in [0, 0.05) is 35.6 Å². The lowest BCUT2D eigenvalue weighted by molar-refractivity contribution is -0.149. The molecule has 1 aromatic heterocycles. The molecule has 1 aliphatic carbocycles. The van der Waals surface area contributed by atoms with Crippen LogP contribution in [0.4, 0.5) is 0 Å². The fourth-order valence-corrected chi connectivity index (χ4v) is 4.54. The molecule has 3 atom stereocenters. The number of hydrogen-bond donors (Lipinski definition) is 2. The maximum absolute atomic E-state index is 12.5. The number of H-pyrrole nitrogens is 1. The summed E-state index contributed by atoms with van der Waals surface area (Å²) in [6.45, 7) is 3.50. The number of ether oxygens (including phenoxy) is 1. The van der Waals surface area contributed by atoms with E-state index in [2.05, 4.69) is 41.6 Å². The molecule has 4 rings (SSSR count). The van der Waals surface area contributed by atoms with E-state index in [1.54, 1.807) is 0 Å². The van der Waals surface area contributed by atoms with E-state index in [9.17, 15) is 4.79 Å². The Morgan fingerprint density at radius 3 is 3.00 bits per heavy atom. The SMILES string of the molecule is Br.CCCCCCOC(=O)C1CN[C@@H]2Cc3c[nH]c4cccc(c34)[C@H]2C1. The van der Waals surface area contributed by atoms with Crippen LogP contribution in [0.15, 0.2) is 24.4 Å².